The lowest BCUT2D eigenvalue weighted by Crippen LogP contribution is -2.19. The second-order valence-corrected chi connectivity index (χ2v) is 5.39. The van der Waals surface area contributed by atoms with E-state index in [0.29, 0.717) is 11.3 Å². The Morgan fingerprint density at radius 1 is 1.20 bits per heavy atom. The van der Waals surface area contributed by atoms with Crippen molar-refractivity contribution in [2.45, 2.75) is 20.5 Å². The number of hydrogen-bond acceptors (Lipinski definition) is 7. The number of carbonyl (C=O) groups excluding carboxylic acids is 2. The van der Waals surface area contributed by atoms with Crippen LogP contribution in [0.25, 0.3) is 0 Å². The zero-order valence-corrected chi connectivity index (χ0v) is 14.4. The van der Waals surface area contributed by atoms with Gasteiger partial charge in [-0.3, -0.25) is 0 Å². The molecule has 1 aromatic rings. The van der Waals surface area contributed by atoms with Gasteiger partial charge >= 0.3 is 11.9 Å². The minimum Gasteiger partial charge on any atom is -0.499 e. The fourth-order valence-electron chi connectivity index (χ4n) is 1.64. The lowest BCUT2D eigenvalue weighted by molar-refractivity contribution is -0.147. The van der Waals surface area contributed by atoms with Gasteiger partial charge in [-0.2, -0.15) is 0 Å². The van der Waals surface area contributed by atoms with Gasteiger partial charge in [0.2, 0.25) is 0 Å². The van der Waals surface area contributed by atoms with E-state index in [0.717, 1.165) is 7.11 Å². The smallest absolute Gasteiger partial charge is 0.377 e. The first-order chi connectivity index (χ1) is 11.9. The van der Waals surface area contributed by atoms with Crippen molar-refractivity contribution in [2.75, 3.05) is 13.7 Å². The molecule has 0 atom stereocenters. The molecule has 8 nitrogen and oxygen atoms in total. The molecular formula is C17H22N2O6. The number of nitrogens with two attached hydrogens (primary N) is 1. The summed E-state index contributed by atoms with van der Waals surface area (Å²) < 4.78 is 14.7. The molecule has 0 saturated carbocycles. The average molecular weight is 350 g/mol. The van der Waals surface area contributed by atoms with Crippen LogP contribution < -0.4 is 5.73 Å². The first-order valence-corrected chi connectivity index (χ1v) is 7.53. The van der Waals surface area contributed by atoms with E-state index in [1.807, 2.05) is 13.8 Å². The normalized spacial score (nSPS) is 12.0. The van der Waals surface area contributed by atoms with E-state index in [4.69, 9.17) is 15.2 Å². The van der Waals surface area contributed by atoms with E-state index in [1.165, 1.54) is 6.34 Å². The second kappa shape index (κ2) is 9.96. The number of aliphatic imine (C=N–C) groups is 1. The van der Waals surface area contributed by atoms with E-state index in [-0.39, 0.29) is 19.1 Å². The maximum atomic E-state index is 11.8. The molecule has 0 aliphatic carbocycles. The van der Waals surface area contributed by atoms with Gasteiger partial charge in [0.05, 0.1) is 25.7 Å². The van der Waals surface area contributed by atoms with E-state index < -0.39 is 23.5 Å². The van der Waals surface area contributed by atoms with Gasteiger partial charge in [-0.05, 0) is 23.6 Å². The van der Waals surface area contributed by atoms with Crippen LogP contribution in [0.15, 0.2) is 40.8 Å². The van der Waals surface area contributed by atoms with Gasteiger partial charge in [0.1, 0.15) is 6.61 Å². The summed E-state index contributed by atoms with van der Waals surface area (Å²) in [4.78, 5) is 27.4. The molecule has 136 valence electrons. The van der Waals surface area contributed by atoms with Crippen LogP contribution in [-0.4, -0.2) is 37.1 Å². The second-order valence-electron chi connectivity index (χ2n) is 5.39. The molecular weight excluding hydrogens is 328 g/mol. The molecule has 1 aromatic carbocycles. The van der Waals surface area contributed by atoms with Crippen molar-refractivity contribution < 1.29 is 28.9 Å². The third-order valence-corrected chi connectivity index (χ3v) is 2.87. The van der Waals surface area contributed by atoms with Gasteiger partial charge in [0.15, 0.2) is 0 Å². The Morgan fingerprint density at radius 3 is 2.36 bits per heavy atom. The van der Waals surface area contributed by atoms with E-state index in [1.54, 1.807) is 24.3 Å². The van der Waals surface area contributed by atoms with Crippen LogP contribution in [0.4, 0.5) is 5.69 Å². The van der Waals surface area contributed by atoms with E-state index >= 15 is 0 Å². The number of carbonyl (C=O) groups is 2. The van der Waals surface area contributed by atoms with Crippen LogP contribution in [0.1, 0.15) is 19.4 Å². The summed E-state index contributed by atoms with van der Waals surface area (Å²) in [6, 6.07) is 6.79. The molecule has 0 unspecified atom stereocenters. The van der Waals surface area contributed by atoms with Gasteiger partial charge in [-0.1, -0.05) is 26.0 Å². The van der Waals surface area contributed by atoms with Gasteiger partial charge in [-0.25, -0.2) is 14.6 Å². The average Bonchev–Trinajstić information content (AvgIpc) is 2.60. The largest absolute Gasteiger partial charge is 0.499 e. The summed E-state index contributed by atoms with van der Waals surface area (Å²) in [5, 5.41) is 9.93. The van der Waals surface area contributed by atoms with Crippen LogP contribution in [0.3, 0.4) is 0 Å². The molecule has 0 heterocycles. The van der Waals surface area contributed by atoms with Crippen molar-refractivity contribution in [3.05, 3.63) is 41.3 Å². The van der Waals surface area contributed by atoms with Gasteiger partial charge in [0, 0.05) is 0 Å². The molecule has 0 radical (unpaired) electrons. The first-order valence-electron chi connectivity index (χ1n) is 7.53. The molecule has 1 rings (SSSR count). The Bertz CT molecular complexity index is 650. The lowest BCUT2D eigenvalue weighted by Gasteiger charge is -2.12. The molecule has 0 saturated heterocycles. The number of ether oxygens (including phenoxy) is 3. The van der Waals surface area contributed by atoms with Crippen molar-refractivity contribution in [1.29, 1.82) is 0 Å². The third kappa shape index (κ3) is 6.54. The monoisotopic (exact) mass is 350 g/mol. The Morgan fingerprint density at radius 2 is 1.84 bits per heavy atom. The molecule has 3 N–H and O–H groups in total. The summed E-state index contributed by atoms with van der Waals surface area (Å²) >= 11 is 0. The maximum absolute atomic E-state index is 11.8. The number of aliphatic hydroxyl groups excluding tert-OH is 1. The van der Waals surface area contributed by atoms with Gasteiger partial charge < -0.3 is 25.1 Å². The highest BCUT2D eigenvalue weighted by molar-refractivity contribution is 5.97. The molecule has 25 heavy (non-hydrogen) atoms. The van der Waals surface area contributed by atoms with Crippen LogP contribution in [0.5, 0.6) is 0 Å². The molecule has 0 fully saturated rings. The van der Waals surface area contributed by atoms with Crippen molar-refractivity contribution in [3.8, 4) is 0 Å². The molecule has 0 aliphatic rings. The number of rotatable bonds is 8. The highest BCUT2D eigenvalue weighted by atomic mass is 16.6. The topological polar surface area (TPSA) is 120 Å². The van der Waals surface area contributed by atoms with Crippen LogP contribution in [0, 0.1) is 5.92 Å². The summed E-state index contributed by atoms with van der Waals surface area (Å²) in [6.07, 6.45) is 1.17. The SMILES string of the molecule is COC(=O)/C(OCc1ccc(/N=C/N)cc1)=C(\O)C(=O)OCC(C)C. The standard InChI is InChI=1S/C17H22N2O6/c1-11(2)8-25-16(21)14(20)15(17(22)23-3)24-9-12-4-6-13(7-5-12)19-10-18/h4-7,10-11,20H,8-9H2,1-3H3,(H2,18,19)/b15-14+. The molecule has 0 amide bonds. The Balaban J connectivity index is 2.86. The quantitative estimate of drug-likeness (QED) is 0.242. The van der Waals surface area contributed by atoms with Gasteiger partial charge in [-0.15, -0.1) is 0 Å². The van der Waals surface area contributed by atoms with Crippen molar-refractivity contribution in [2.24, 2.45) is 16.6 Å². The summed E-state index contributed by atoms with van der Waals surface area (Å²) in [5.41, 5.74) is 6.53. The minimum absolute atomic E-state index is 0.0709. The lowest BCUT2D eigenvalue weighted by atomic mass is 10.2. The molecule has 0 bridgehead atoms. The Labute approximate surface area is 145 Å². The van der Waals surface area contributed by atoms with Crippen LogP contribution in [0.2, 0.25) is 0 Å². The zero-order chi connectivity index (χ0) is 18.8. The fourth-order valence-corrected chi connectivity index (χ4v) is 1.64. The molecule has 0 aromatic heterocycles. The van der Waals surface area contributed by atoms with Crippen molar-refractivity contribution in [1.82, 2.24) is 0 Å². The highest BCUT2D eigenvalue weighted by Gasteiger charge is 2.25. The summed E-state index contributed by atoms with van der Waals surface area (Å²) in [5.74, 6) is -3.50. The Hall–Kier alpha value is -3.03. The van der Waals surface area contributed by atoms with Crippen molar-refractivity contribution in [3.63, 3.8) is 0 Å². The number of nitrogens with zero attached hydrogens (tertiary/aromatic N) is 1. The van der Waals surface area contributed by atoms with E-state index in [9.17, 15) is 14.7 Å². The fraction of sp³-hybridized carbons (Fsp3) is 0.353. The van der Waals surface area contributed by atoms with Crippen molar-refractivity contribution >= 4 is 24.0 Å². The highest BCUT2D eigenvalue weighted by Crippen LogP contribution is 2.16. The van der Waals surface area contributed by atoms with Crippen LogP contribution >= 0.6 is 0 Å². The maximum Gasteiger partial charge on any atom is 0.377 e. The third-order valence-electron chi connectivity index (χ3n) is 2.87. The number of methoxy groups -OCH3 is 1. The molecule has 0 spiro atoms. The summed E-state index contributed by atoms with van der Waals surface area (Å²) in [6.45, 7) is 3.70. The molecule has 8 heteroatoms. The number of hydrogen-bond donors (Lipinski definition) is 2. The number of aliphatic hydroxyl groups is 1. The number of esters is 2. The first kappa shape index (κ1) is 20.0. The minimum atomic E-state index is -1.05. The summed E-state index contributed by atoms with van der Waals surface area (Å²) in [7, 11) is 1.11. The predicted octanol–water partition coefficient (Wildman–Crippen LogP) is 1.96. The van der Waals surface area contributed by atoms with Crippen LogP contribution in [-0.2, 0) is 30.4 Å². The molecule has 0 aliphatic heterocycles. The van der Waals surface area contributed by atoms with E-state index in [2.05, 4.69) is 9.73 Å². The number of benzene rings is 1. The predicted molar refractivity (Wildman–Crippen MR) is 91.0 cm³/mol. The Kier molecular flexibility index (Phi) is 7.98. The van der Waals surface area contributed by atoms with Gasteiger partial charge in [0.25, 0.3) is 11.5 Å². The zero-order valence-electron chi connectivity index (χ0n) is 14.4.